The smallest absolute Gasteiger partial charge is 0.451 e. The van der Waals surface area contributed by atoms with Crippen LogP contribution in [-0.2, 0) is 9.47 Å². The molecule has 0 saturated heterocycles. The molecule has 0 spiro atoms. The fraction of sp³-hybridized carbons (Fsp3) is 0.500. The van der Waals surface area contributed by atoms with Crippen molar-refractivity contribution in [3.63, 3.8) is 0 Å². The van der Waals surface area contributed by atoms with Crippen LogP contribution in [0.1, 0.15) is 20.3 Å². The molecule has 2 heterocycles. The van der Waals surface area contributed by atoms with E-state index in [9.17, 15) is 14.8 Å². The van der Waals surface area contributed by atoms with Crippen LogP contribution in [0.5, 0.6) is 0 Å². The summed E-state index contributed by atoms with van der Waals surface area (Å²) in [5, 5.41) is 16.8. The molecule has 1 aromatic heterocycles. The van der Waals surface area contributed by atoms with Crippen LogP contribution in [-0.4, -0.2) is 48.5 Å². The zero-order valence-electron chi connectivity index (χ0n) is 14.0. The summed E-state index contributed by atoms with van der Waals surface area (Å²) in [7, 11) is 0. The number of rotatable bonds is 5. The van der Waals surface area contributed by atoms with Crippen LogP contribution >= 0.6 is 0 Å². The van der Waals surface area contributed by atoms with Crippen LogP contribution in [0.25, 0.3) is 0 Å². The van der Waals surface area contributed by atoms with E-state index in [0.717, 1.165) is 6.42 Å². The molecule has 0 aliphatic carbocycles. The van der Waals surface area contributed by atoms with Crippen LogP contribution < -0.4 is 20.3 Å². The molecule has 1 aliphatic rings. The van der Waals surface area contributed by atoms with E-state index in [4.69, 9.17) is 9.47 Å². The Labute approximate surface area is 144 Å². The van der Waals surface area contributed by atoms with Crippen molar-refractivity contribution >= 4 is 30.0 Å². The second-order valence-electron chi connectivity index (χ2n) is 4.86. The molecule has 25 heavy (non-hydrogen) atoms. The van der Waals surface area contributed by atoms with E-state index >= 15 is 0 Å². The van der Waals surface area contributed by atoms with Gasteiger partial charge in [-0.2, -0.15) is 0 Å². The molecule has 11 nitrogen and oxygen atoms in total. The molecule has 11 heteroatoms. The largest absolute Gasteiger partial charge is 0.762 e. The van der Waals surface area contributed by atoms with E-state index in [2.05, 4.69) is 20.6 Å². The lowest BCUT2D eigenvalue weighted by Gasteiger charge is -2.22. The van der Waals surface area contributed by atoms with Crippen molar-refractivity contribution in [1.82, 2.24) is 9.97 Å². The zero-order chi connectivity index (χ0) is 18.2. The van der Waals surface area contributed by atoms with Gasteiger partial charge in [0.15, 0.2) is 0 Å². The van der Waals surface area contributed by atoms with Gasteiger partial charge in [-0.05, 0) is 20.3 Å². The summed E-state index contributed by atoms with van der Waals surface area (Å²) in [6, 6.07) is 0. The van der Waals surface area contributed by atoms with Crippen molar-refractivity contribution in [2.45, 2.75) is 20.3 Å². The van der Waals surface area contributed by atoms with Crippen molar-refractivity contribution in [2.75, 3.05) is 41.8 Å². The summed E-state index contributed by atoms with van der Waals surface area (Å²) in [5.41, 5.74) is 0. The minimum Gasteiger partial charge on any atom is -0.762 e. The molecule has 0 atom stereocenters. The average Bonchev–Trinajstić information content (AvgIpc) is 2.59. The van der Waals surface area contributed by atoms with Gasteiger partial charge in [0.25, 0.3) is 0 Å². The summed E-state index contributed by atoms with van der Waals surface area (Å²) in [4.78, 5) is 33.1. The third-order valence-electron chi connectivity index (χ3n) is 3.12. The van der Waals surface area contributed by atoms with Crippen molar-refractivity contribution in [3.8, 4) is 0 Å². The number of ether oxygens (including phenoxy) is 2. The summed E-state index contributed by atoms with van der Waals surface area (Å²) < 4.78 is 9.68. The Bertz CT molecular complexity index is 624. The summed E-state index contributed by atoms with van der Waals surface area (Å²) in [6.45, 7) is 4.70. The Morgan fingerprint density at radius 3 is 2.16 bits per heavy atom. The first-order valence-corrected chi connectivity index (χ1v) is 7.84. The quantitative estimate of drug-likeness (QED) is 0.456. The number of hydrogen-bond donors (Lipinski definition) is 2. The lowest BCUT2D eigenvalue weighted by molar-refractivity contribution is -0.580. The average molecular weight is 352 g/mol. The predicted octanol–water partition coefficient (Wildman–Crippen LogP) is 1.01. The number of nitrogens with zero attached hydrogens (tertiary/aromatic N) is 4. The third kappa shape index (κ3) is 4.93. The number of anilines is 3. The normalized spacial score (nSPS) is 13.3. The molecular formula is C14H20N6O5. The highest BCUT2D eigenvalue weighted by Gasteiger charge is 2.24. The third-order valence-corrected chi connectivity index (χ3v) is 3.12. The van der Waals surface area contributed by atoms with Gasteiger partial charge in [0.05, 0.1) is 13.2 Å². The highest BCUT2D eigenvalue weighted by Crippen LogP contribution is 2.15. The van der Waals surface area contributed by atoms with Crippen molar-refractivity contribution in [2.24, 2.45) is 0 Å². The number of aromatic nitrogens is 3. The summed E-state index contributed by atoms with van der Waals surface area (Å²) in [5.74, 6) is -0.523. The molecule has 2 amide bonds. The van der Waals surface area contributed by atoms with Crippen molar-refractivity contribution in [1.29, 1.82) is 0 Å². The van der Waals surface area contributed by atoms with Crippen LogP contribution in [0.2, 0.25) is 0 Å². The Kier molecular flexibility index (Phi) is 6.32. The fourth-order valence-electron chi connectivity index (χ4n) is 2.04. The van der Waals surface area contributed by atoms with Gasteiger partial charge < -0.3 is 19.6 Å². The van der Waals surface area contributed by atoms with E-state index < -0.39 is 12.2 Å². The molecule has 136 valence electrons. The molecular weight excluding hydrogens is 332 g/mol. The molecule has 0 aromatic carbocycles. The first-order valence-electron chi connectivity index (χ1n) is 7.84. The van der Waals surface area contributed by atoms with Gasteiger partial charge in [-0.1, -0.05) is 22.1 Å². The fourth-order valence-corrected chi connectivity index (χ4v) is 2.04. The minimum absolute atomic E-state index is 0.132. The predicted molar refractivity (Wildman–Crippen MR) is 88.3 cm³/mol. The zero-order valence-corrected chi connectivity index (χ0v) is 14.0. The summed E-state index contributed by atoms with van der Waals surface area (Å²) >= 11 is 0. The van der Waals surface area contributed by atoms with Crippen LogP contribution in [0.4, 0.5) is 27.4 Å². The maximum Gasteiger partial charge on any atom is 0.451 e. The standard InChI is InChI=1S/C14H20N6O5/c1-3-24-13(21)17-11-15-10(19-8-6-5-7-9-19)16-12(20(11)23)18-14(22)25-4-2/h5-6H,3-4,7-9H2,1-2H3,(H2,15,16,17,18,21,22). The van der Waals surface area contributed by atoms with Crippen LogP contribution in [0.15, 0.2) is 12.2 Å². The molecule has 1 aromatic rings. The van der Waals surface area contributed by atoms with E-state index in [1.807, 2.05) is 12.2 Å². The number of hydrogen-bond acceptors (Lipinski definition) is 8. The SMILES string of the molecule is CCOC(=O)Nc1nc(N2CC=CCC2)nc(NC(=O)OCC)[n+]1[O-]. The second kappa shape index (κ2) is 8.66. The first-order chi connectivity index (χ1) is 12.0. The van der Waals surface area contributed by atoms with Gasteiger partial charge in [0.1, 0.15) is 0 Å². The van der Waals surface area contributed by atoms with Gasteiger partial charge >= 0.3 is 30.0 Å². The monoisotopic (exact) mass is 352 g/mol. The maximum atomic E-state index is 12.3. The lowest BCUT2D eigenvalue weighted by Crippen LogP contribution is -2.41. The first kappa shape index (κ1) is 18.2. The van der Waals surface area contributed by atoms with E-state index in [0.29, 0.717) is 13.1 Å². The Morgan fingerprint density at radius 1 is 1.16 bits per heavy atom. The van der Waals surface area contributed by atoms with E-state index in [-0.39, 0.29) is 35.8 Å². The van der Waals surface area contributed by atoms with Crippen molar-refractivity contribution in [3.05, 3.63) is 17.4 Å². The molecule has 0 unspecified atom stereocenters. The number of amides is 2. The highest BCUT2D eigenvalue weighted by atomic mass is 16.6. The molecule has 0 bridgehead atoms. The van der Waals surface area contributed by atoms with Gasteiger partial charge in [-0.25, -0.2) is 25.0 Å². The molecule has 0 radical (unpaired) electrons. The molecule has 2 N–H and O–H groups in total. The molecule has 2 rings (SSSR count). The number of carbonyl (C=O) groups is 2. The number of nitrogens with one attached hydrogen (secondary N) is 2. The minimum atomic E-state index is -0.836. The van der Waals surface area contributed by atoms with Gasteiger partial charge in [0.2, 0.25) is 0 Å². The Morgan fingerprint density at radius 2 is 1.72 bits per heavy atom. The summed E-state index contributed by atoms with van der Waals surface area (Å²) in [6.07, 6.45) is 3.07. The van der Waals surface area contributed by atoms with E-state index in [1.165, 1.54) is 0 Å². The molecule has 0 saturated carbocycles. The van der Waals surface area contributed by atoms with E-state index in [1.54, 1.807) is 18.7 Å². The molecule has 0 fully saturated rings. The van der Waals surface area contributed by atoms with Gasteiger partial charge in [-0.15, -0.1) is 0 Å². The Balaban J connectivity index is 2.33. The topological polar surface area (TPSA) is 133 Å². The van der Waals surface area contributed by atoms with Crippen LogP contribution in [0.3, 0.4) is 0 Å². The highest BCUT2D eigenvalue weighted by molar-refractivity contribution is 5.83. The second-order valence-corrected chi connectivity index (χ2v) is 4.86. The van der Waals surface area contributed by atoms with Crippen LogP contribution in [0, 0.1) is 5.21 Å². The molecule has 1 aliphatic heterocycles. The lowest BCUT2D eigenvalue weighted by atomic mass is 10.3. The van der Waals surface area contributed by atoms with Gasteiger partial charge in [0, 0.05) is 13.1 Å². The van der Waals surface area contributed by atoms with Crippen molar-refractivity contribution < 1.29 is 23.8 Å². The maximum absolute atomic E-state index is 12.3. The number of carbonyl (C=O) groups excluding carboxylic acids is 2. The van der Waals surface area contributed by atoms with Gasteiger partial charge in [-0.3, -0.25) is 0 Å². The Hall–Kier alpha value is -3.11.